The summed E-state index contributed by atoms with van der Waals surface area (Å²) < 4.78 is 6.12. The number of nitrogens with zero attached hydrogens (tertiary/aromatic N) is 5. The average Bonchev–Trinajstić information content (AvgIpc) is 3.51. The van der Waals surface area contributed by atoms with Crippen LogP contribution in [0.15, 0.2) is 42.5 Å². The van der Waals surface area contributed by atoms with Crippen LogP contribution in [-0.4, -0.2) is 81.1 Å². The maximum absolute atomic E-state index is 6.12. The molecule has 0 aliphatic carbocycles. The number of benzene rings is 2. The van der Waals surface area contributed by atoms with Crippen LogP contribution in [0.4, 0.5) is 0 Å². The summed E-state index contributed by atoms with van der Waals surface area (Å²) in [6.45, 7) is 13.9. The molecule has 8 nitrogen and oxygen atoms in total. The van der Waals surface area contributed by atoms with Gasteiger partial charge in [0.25, 0.3) is 0 Å². The first kappa shape index (κ1) is 23.5. The molecule has 0 radical (unpaired) electrons. The minimum absolute atomic E-state index is 0.527. The number of hydrogen-bond donors (Lipinski definition) is 2. The van der Waals surface area contributed by atoms with Crippen LogP contribution in [0.2, 0.25) is 0 Å². The van der Waals surface area contributed by atoms with E-state index in [2.05, 4.69) is 74.1 Å². The SMILES string of the molecule is CCN1CCN(CCOc2cccc(-c3n[nH]c4ccc(-c5n[nH]c(CC(C)C)n5)cc34)c2)CC1. The molecular formula is C27H35N7O. The van der Waals surface area contributed by atoms with Crippen molar-refractivity contribution in [2.24, 2.45) is 5.92 Å². The lowest BCUT2D eigenvalue weighted by molar-refractivity contribution is 0.121. The molecule has 0 spiro atoms. The Bertz CT molecular complexity index is 1250. The summed E-state index contributed by atoms with van der Waals surface area (Å²) in [7, 11) is 0. The van der Waals surface area contributed by atoms with E-state index in [1.165, 1.54) is 0 Å². The topological polar surface area (TPSA) is 86.0 Å². The summed E-state index contributed by atoms with van der Waals surface area (Å²) >= 11 is 0. The molecule has 0 bridgehead atoms. The maximum Gasteiger partial charge on any atom is 0.181 e. The third-order valence-electron chi connectivity index (χ3n) is 6.65. The van der Waals surface area contributed by atoms with E-state index in [1.807, 2.05) is 24.3 Å². The molecular weight excluding hydrogens is 438 g/mol. The zero-order valence-electron chi connectivity index (χ0n) is 20.9. The van der Waals surface area contributed by atoms with Gasteiger partial charge in [0.1, 0.15) is 23.9 Å². The molecule has 1 saturated heterocycles. The Kier molecular flexibility index (Phi) is 7.11. The van der Waals surface area contributed by atoms with Crippen LogP contribution in [0.25, 0.3) is 33.5 Å². The Morgan fingerprint density at radius 2 is 1.77 bits per heavy atom. The van der Waals surface area contributed by atoms with Crippen LogP contribution >= 0.6 is 0 Å². The molecule has 0 saturated carbocycles. The lowest BCUT2D eigenvalue weighted by atomic mass is 10.1. The van der Waals surface area contributed by atoms with E-state index < -0.39 is 0 Å². The molecule has 2 aromatic carbocycles. The van der Waals surface area contributed by atoms with E-state index in [4.69, 9.17) is 4.74 Å². The van der Waals surface area contributed by atoms with E-state index in [9.17, 15) is 0 Å². The van der Waals surface area contributed by atoms with E-state index in [0.29, 0.717) is 18.3 Å². The van der Waals surface area contributed by atoms with Crippen LogP contribution in [0.3, 0.4) is 0 Å². The molecule has 8 heteroatoms. The lowest BCUT2D eigenvalue weighted by Crippen LogP contribution is -2.47. The Hall–Kier alpha value is -3.23. The molecule has 2 N–H and O–H groups in total. The van der Waals surface area contributed by atoms with Gasteiger partial charge in [-0.2, -0.15) is 10.2 Å². The molecule has 0 atom stereocenters. The molecule has 4 aromatic rings. The van der Waals surface area contributed by atoms with Crippen LogP contribution in [-0.2, 0) is 6.42 Å². The van der Waals surface area contributed by atoms with Crippen molar-refractivity contribution in [2.75, 3.05) is 45.9 Å². The van der Waals surface area contributed by atoms with Gasteiger partial charge >= 0.3 is 0 Å². The second kappa shape index (κ2) is 10.6. The van der Waals surface area contributed by atoms with E-state index in [0.717, 1.165) is 85.0 Å². The van der Waals surface area contributed by atoms with Gasteiger partial charge in [0.2, 0.25) is 0 Å². The van der Waals surface area contributed by atoms with Crippen LogP contribution in [0, 0.1) is 5.92 Å². The highest BCUT2D eigenvalue weighted by Gasteiger charge is 2.16. The molecule has 2 aromatic heterocycles. The zero-order chi connectivity index (χ0) is 24.2. The van der Waals surface area contributed by atoms with Gasteiger partial charge < -0.3 is 9.64 Å². The largest absolute Gasteiger partial charge is 0.492 e. The van der Waals surface area contributed by atoms with E-state index in [1.54, 1.807) is 0 Å². The van der Waals surface area contributed by atoms with Crippen molar-refractivity contribution in [3.05, 3.63) is 48.3 Å². The summed E-state index contributed by atoms with van der Waals surface area (Å²) in [6, 6.07) is 14.4. The fourth-order valence-corrected chi connectivity index (χ4v) is 4.63. The smallest absolute Gasteiger partial charge is 0.181 e. The van der Waals surface area contributed by atoms with Crippen molar-refractivity contribution < 1.29 is 4.74 Å². The Morgan fingerprint density at radius 1 is 0.943 bits per heavy atom. The van der Waals surface area contributed by atoms with Crippen molar-refractivity contribution >= 4 is 10.9 Å². The monoisotopic (exact) mass is 473 g/mol. The van der Waals surface area contributed by atoms with Crippen molar-refractivity contribution in [1.82, 2.24) is 35.2 Å². The molecule has 1 aliphatic rings. The standard InChI is InChI=1S/C27H35N7O/c1-4-33-10-12-34(13-11-33)14-15-35-22-7-5-6-20(17-22)26-23-18-21(8-9-24(23)29-31-26)27-28-25(30-32-27)16-19(2)3/h5-9,17-19H,4,10-16H2,1-3H3,(H,29,31)(H,28,30,32). The van der Waals surface area contributed by atoms with Crippen molar-refractivity contribution in [2.45, 2.75) is 27.2 Å². The van der Waals surface area contributed by atoms with Gasteiger partial charge in [-0.1, -0.05) is 32.9 Å². The molecule has 35 heavy (non-hydrogen) atoms. The van der Waals surface area contributed by atoms with E-state index >= 15 is 0 Å². The first-order valence-electron chi connectivity index (χ1n) is 12.7. The highest BCUT2D eigenvalue weighted by molar-refractivity contribution is 5.95. The molecule has 184 valence electrons. The van der Waals surface area contributed by atoms with Gasteiger partial charge in [0.15, 0.2) is 5.82 Å². The van der Waals surface area contributed by atoms with Crippen molar-refractivity contribution in [3.63, 3.8) is 0 Å². The number of fused-ring (bicyclic) bond motifs is 1. The quantitative estimate of drug-likeness (QED) is 0.378. The minimum atomic E-state index is 0.527. The fourth-order valence-electron chi connectivity index (χ4n) is 4.63. The van der Waals surface area contributed by atoms with Crippen LogP contribution in [0.5, 0.6) is 5.75 Å². The number of hydrogen-bond acceptors (Lipinski definition) is 6. The van der Waals surface area contributed by atoms with Gasteiger partial charge in [-0.15, -0.1) is 0 Å². The number of rotatable bonds is 9. The molecule has 0 amide bonds. The van der Waals surface area contributed by atoms with Gasteiger partial charge in [-0.25, -0.2) is 4.98 Å². The number of aromatic amines is 2. The Balaban J connectivity index is 1.29. The number of aromatic nitrogens is 5. The number of nitrogens with one attached hydrogen (secondary N) is 2. The molecule has 1 fully saturated rings. The summed E-state index contributed by atoms with van der Waals surface area (Å²) in [5.74, 6) is 3.03. The third-order valence-corrected chi connectivity index (χ3v) is 6.65. The predicted octanol–water partition coefficient (Wildman–Crippen LogP) is 4.23. The normalized spacial score (nSPS) is 15.3. The van der Waals surface area contributed by atoms with Gasteiger partial charge in [0.05, 0.1) is 5.52 Å². The second-order valence-electron chi connectivity index (χ2n) is 9.69. The second-order valence-corrected chi connectivity index (χ2v) is 9.69. The highest BCUT2D eigenvalue weighted by atomic mass is 16.5. The fraction of sp³-hybridized carbons (Fsp3) is 0.444. The molecule has 3 heterocycles. The number of H-pyrrole nitrogens is 2. The maximum atomic E-state index is 6.12. The Morgan fingerprint density at radius 3 is 2.57 bits per heavy atom. The van der Waals surface area contributed by atoms with Crippen LogP contribution < -0.4 is 4.74 Å². The van der Waals surface area contributed by atoms with Gasteiger partial charge in [0, 0.05) is 55.7 Å². The zero-order valence-corrected chi connectivity index (χ0v) is 20.9. The number of likely N-dealkylation sites (N-methyl/N-ethyl adjacent to an activating group) is 1. The van der Waals surface area contributed by atoms with Crippen molar-refractivity contribution in [1.29, 1.82) is 0 Å². The van der Waals surface area contributed by atoms with Crippen molar-refractivity contribution in [3.8, 4) is 28.4 Å². The Labute approximate surface area is 206 Å². The lowest BCUT2D eigenvalue weighted by Gasteiger charge is -2.33. The average molecular weight is 474 g/mol. The molecule has 0 unspecified atom stereocenters. The summed E-state index contributed by atoms with van der Waals surface area (Å²) in [6.07, 6.45) is 0.883. The van der Waals surface area contributed by atoms with Gasteiger partial charge in [-0.05, 0) is 42.8 Å². The van der Waals surface area contributed by atoms with E-state index in [-0.39, 0.29) is 0 Å². The first-order valence-corrected chi connectivity index (χ1v) is 12.7. The third kappa shape index (κ3) is 5.55. The molecule has 1 aliphatic heterocycles. The van der Waals surface area contributed by atoms with Crippen LogP contribution in [0.1, 0.15) is 26.6 Å². The summed E-state index contributed by atoms with van der Waals surface area (Å²) in [4.78, 5) is 9.66. The minimum Gasteiger partial charge on any atom is -0.492 e. The molecule has 5 rings (SSSR count). The number of ether oxygens (including phenoxy) is 1. The summed E-state index contributed by atoms with van der Waals surface area (Å²) in [5.41, 5.74) is 3.89. The first-order chi connectivity index (χ1) is 17.1. The predicted molar refractivity (Wildman–Crippen MR) is 139 cm³/mol. The highest BCUT2D eigenvalue weighted by Crippen LogP contribution is 2.31. The van der Waals surface area contributed by atoms with Gasteiger partial charge in [-0.3, -0.25) is 15.1 Å². The number of piperazine rings is 1. The summed E-state index contributed by atoms with van der Waals surface area (Å²) in [5, 5.41) is 16.3.